The largest absolute Gasteiger partial charge is 0.385 e. The second-order valence-electron chi connectivity index (χ2n) is 5.94. The minimum Gasteiger partial charge on any atom is -0.385 e. The molecule has 1 aromatic heterocycles. The first-order chi connectivity index (χ1) is 11.0. The second-order valence-corrected chi connectivity index (χ2v) is 5.94. The van der Waals surface area contributed by atoms with Crippen LogP contribution < -0.4 is 10.6 Å². The first-order valence-electron chi connectivity index (χ1n) is 8.10. The molecule has 2 N–H and O–H groups in total. The molecule has 1 amide bonds. The summed E-state index contributed by atoms with van der Waals surface area (Å²) in [5.41, 5.74) is 5.54. The van der Waals surface area contributed by atoms with Crippen LogP contribution in [0.15, 0.2) is 30.5 Å². The highest BCUT2D eigenvalue weighted by Gasteiger charge is 2.12. The normalized spacial score (nSPS) is 10.4. The SMILES string of the molecule is CCCCNc1ccnc(C(=O)Nc2c(C)cc(C)cc2C)c1. The van der Waals surface area contributed by atoms with Crippen LogP contribution in [0, 0.1) is 20.8 Å². The van der Waals surface area contributed by atoms with Crippen molar-refractivity contribution in [1.29, 1.82) is 0 Å². The van der Waals surface area contributed by atoms with Crippen molar-refractivity contribution in [2.24, 2.45) is 0 Å². The topological polar surface area (TPSA) is 54.0 Å². The lowest BCUT2D eigenvalue weighted by molar-refractivity contribution is 0.102. The summed E-state index contributed by atoms with van der Waals surface area (Å²) in [5.74, 6) is -0.181. The summed E-state index contributed by atoms with van der Waals surface area (Å²) >= 11 is 0. The maximum Gasteiger partial charge on any atom is 0.274 e. The molecule has 0 unspecified atom stereocenters. The number of unbranched alkanes of at least 4 members (excludes halogenated alkanes) is 1. The summed E-state index contributed by atoms with van der Waals surface area (Å²) in [6.45, 7) is 9.12. The van der Waals surface area contributed by atoms with Crippen molar-refractivity contribution in [3.63, 3.8) is 0 Å². The molecule has 0 atom stereocenters. The van der Waals surface area contributed by atoms with Gasteiger partial charge in [0.2, 0.25) is 0 Å². The monoisotopic (exact) mass is 311 g/mol. The molecular weight excluding hydrogens is 286 g/mol. The van der Waals surface area contributed by atoms with Gasteiger partial charge in [-0.25, -0.2) is 0 Å². The van der Waals surface area contributed by atoms with Crippen LogP contribution in [0.3, 0.4) is 0 Å². The minimum absolute atomic E-state index is 0.181. The molecule has 0 aliphatic rings. The van der Waals surface area contributed by atoms with Gasteiger partial charge in [0.15, 0.2) is 0 Å². The Bertz CT molecular complexity index is 672. The van der Waals surface area contributed by atoms with Gasteiger partial charge in [0.25, 0.3) is 5.91 Å². The molecule has 0 saturated carbocycles. The van der Waals surface area contributed by atoms with E-state index in [0.717, 1.165) is 41.9 Å². The van der Waals surface area contributed by atoms with E-state index in [0.29, 0.717) is 5.69 Å². The van der Waals surface area contributed by atoms with E-state index in [2.05, 4.69) is 41.6 Å². The third kappa shape index (κ3) is 4.55. The number of aromatic nitrogens is 1. The molecule has 0 saturated heterocycles. The number of pyridine rings is 1. The van der Waals surface area contributed by atoms with Crippen LogP contribution in [-0.4, -0.2) is 17.4 Å². The van der Waals surface area contributed by atoms with Gasteiger partial charge in [0.05, 0.1) is 0 Å². The standard InChI is InChI=1S/C19H25N3O/c1-5-6-8-20-16-7-9-21-17(12-16)19(23)22-18-14(3)10-13(2)11-15(18)4/h7,9-12H,5-6,8H2,1-4H3,(H,20,21)(H,22,23). The Morgan fingerprint density at radius 2 is 1.83 bits per heavy atom. The van der Waals surface area contributed by atoms with Crippen LogP contribution in [0.5, 0.6) is 0 Å². The van der Waals surface area contributed by atoms with Crippen molar-refractivity contribution in [3.05, 3.63) is 52.8 Å². The van der Waals surface area contributed by atoms with Crippen molar-refractivity contribution in [3.8, 4) is 0 Å². The minimum atomic E-state index is -0.181. The van der Waals surface area contributed by atoms with Gasteiger partial charge in [0.1, 0.15) is 5.69 Å². The molecule has 23 heavy (non-hydrogen) atoms. The highest BCUT2D eigenvalue weighted by atomic mass is 16.1. The molecule has 1 aromatic carbocycles. The number of nitrogens with zero attached hydrogens (tertiary/aromatic N) is 1. The Morgan fingerprint density at radius 3 is 2.48 bits per heavy atom. The van der Waals surface area contributed by atoms with Crippen molar-refractivity contribution in [2.45, 2.75) is 40.5 Å². The molecule has 2 rings (SSSR count). The Kier molecular flexibility index (Phi) is 5.74. The number of hydrogen-bond acceptors (Lipinski definition) is 3. The number of aryl methyl sites for hydroxylation is 3. The van der Waals surface area contributed by atoms with E-state index in [1.807, 2.05) is 19.9 Å². The third-order valence-corrected chi connectivity index (χ3v) is 3.77. The van der Waals surface area contributed by atoms with E-state index in [9.17, 15) is 4.79 Å². The number of benzene rings is 1. The molecule has 0 spiro atoms. The molecule has 0 aliphatic carbocycles. The van der Waals surface area contributed by atoms with Gasteiger partial charge in [-0.05, 0) is 50.5 Å². The predicted molar refractivity (Wildman–Crippen MR) is 96.2 cm³/mol. The third-order valence-electron chi connectivity index (χ3n) is 3.77. The zero-order chi connectivity index (χ0) is 16.8. The highest BCUT2D eigenvalue weighted by molar-refractivity contribution is 6.04. The van der Waals surface area contributed by atoms with Crippen LogP contribution in [-0.2, 0) is 0 Å². The van der Waals surface area contributed by atoms with Crippen LogP contribution in [0.4, 0.5) is 11.4 Å². The summed E-state index contributed by atoms with van der Waals surface area (Å²) in [4.78, 5) is 16.7. The summed E-state index contributed by atoms with van der Waals surface area (Å²) < 4.78 is 0. The summed E-state index contributed by atoms with van der Waals surface area (Å²) in [7, 11) is 0. The molecule has 0 bridgehead atoms. The first kappa shape index (κ1) is 17.0. The fourth-order valence-corrected chi connectivity index (χ4v) is 2.63. The molecule has 1 heterocycles. The summed E-state index contributed by atoms with van der Waals surface area (Å²) in [5, 5.41) is 6.30. The van der Waals surface area contributed by atoms with Crippen LogP contribution in [0.2, 0.25) is 0 Å². The first-order valence-corrected chi connectivity index (χ1v) is 8.10. The van der Waals surface area contributed by atoms with E-state index in [-0.39, 0.29) is 5.91 Å². The summed E-state index contributed by atoms with van der Waals surface area (Å²) in [6.07, 6.45) is 3.90. The van der Waals surface area contributed by atoms with Crippen LogP contribution >= 0.6 is 0 Å². The fraction of sp³-hybridized carbons (Fsp3) is 0.368. The Balaban J connectivity index is 2.13. The zero-order valence-electron chi connectivity index (χ0n) is 14.4. The molecule has 4 nitrogen and oxygen atoms in total. The van der Waals surface area contributed by atoms with E-state index in [4.69, 9.17) is 0 Å². The quantitative estimate of drug-likeness (QED) is 0.774. The molecule has 4 heteroatoms. The summed E-state index contributed by atoms with van der Waals surface area (Å²) in [6, 6.07) is 7.82. The smallest absolute Gasteiger partial charge is 0.274 e. The predicted octanol–water partition coefficient (Wildman–Crippen LogP) is 4.47. The van der Waals surface area contributed by atoms with Crippen molar-refractivity contribution in [1.82, 2.24) is 4.98 Å². The van der Waals surface area contributed by atoms with Gasteiger partial charge in [-0.1, -0.05) is 31.0 Å². The number of hydrogen-bond donors (Lipinski definition) is 2. The maximum absolute atomic E-state index is 12.5. The van der Waals surface area contributed by atoms with E-state index in [1.165, 1.54) is 5.56 Å². The number of amides is 1. The lowest BCUT2D eigenvalue weighted by Crippen LogP contribution is -2.16. The van der Waals surface area contributed by atoms with Gasteiger partial charge in [-0.15, -0.1) is 0 Å². The molecule has 0 fully saturated rings. The van der Waals surface area contributed by atoms with E-state index in [1.54, 1.807) is 12.3 Å². The molecule has 122 valence electrons. The number of rotatable bonds is 6. The number of carbonyl (C=O) groups is 1. The van der Waals surface area contributed by atoms with Crippen molar-refractivity contribution in [2.75, 3.05) is 17.2 Å². The van der Waals surface area contributed by atoms with E-state index >= 15 is 0 Å². The van der Waals surface area contributed by atoms with Gasteiger partial charge < -0.3 is 10.6 Å². The Labute approximate surface area is 138 Å². The fourth-order valence-electron chi connectivity index (χ4n) is 2.63. The number of anilines is 2. The Hall–Kier alpha value is -2.36. The Morgan fingerprint density at radius 1 is 1.13 bits per heavy atom. The van der Waals surface area contributed by atoms with Crippen LogP contribution in [0.25, 0.3) is 0 Å². The number of nitrogens with one attached hydrogen (secondary N) is 2. The van der Waals surface area contributed by atoms with Crippen LogP contribution in [0.1, 0.15) is 46.9 Å². The second kappa shape index (κ2) is 7.77. The molecule has 2 aromatic rings. The average molecular weight is 311 g/mol. The maximum atomic E-state index is 12.5. The number of carbonyl (C=O) groups excluding carboxylic acids is 1. The van der Waals surface area contributed by atoms with Gasteiger partial charge in [-0.3, -0.25) is 9.78 Å². The molecular formula is C19H25N3O. The van der Waals surface area contributed by atoms with Gasteiger partial charge >= 0.3 is 0 Å². The van der Waals surface area contributed by atoms with E-state index < -0.39 is 0 Å². The van der Waals surface area contributed by atoms with Gasteiger partial charge in [0, 0.05) is 24.1 Å². The van der Waals surface area contributed by atoms with Gasteiger partial charge in [-0.2, -0.15) is 0 Å². The van der Waals surface area contributed by atoms with Crippen molar-refractivity contribution < 1.29 is 4.79 Å². The zero-order valence-corrected chi connectivity index (χ0v) is 14.4. The molecule has 0 aliphatic heterocycles. The average Bonchev–Trinajstić information content (AvgIpc) is 2.51. The lowest BCUT2D eigenvalue weighted by Gasteiger charge is -2.13. The highest BCUT2D eigenvalue weighted by Crippen LogP contribution is 2.22. The van der Waals surface area contributed by atoms with Crippen molar-refractivity contribution >= 4 is 17.3 Å². The lowest BCUT2D eigenvalue weighted by atomic mass is 10.0. The molecule has 0 radical (unpaired) electrons.